The van der Waals surface area contributed by atoms with Crippen LogP contribution in [0.2, 0.25) is 0 Å². The zero-order valence-corrected chi connectivity index (χ0v) is 10.2. The third-order valence-electron chi connectivity index (χ3n) is 3.02. The lowest BCUT2D eigenvalue weighted by molar-refractivity contribution is 0.0681. The quantitative estimate of drug-likeness (QED) is 0.648. The van der Waals surface area contributed by atoms with Gasteiger partial charge in [-0.2, -0.15) is 0 Å². The molecule has 0 radical (unpaired) electrons. The van der Waals surface area contributed by atoms with E-state index < -0.39 is 0 Å². The summed E-state index contributed by atoms with van der Waals surface area (Å²) in [7, 11) is 1.75. The van der Waals surface area contributed by atoms with Gasteiger partial charge in [0.2, 0.25) is 0 Å². The molecule has 0 saturated carbocycles. The summed E-state index contributed by atoms with van der Waals surface area (Å²) in [5.74, 6) is 0. The molecule has 0 heterocycles. The van der Waals surface area contributed by atoms with Gasteiger partial charge in [0.15, 0.2) is 0 Å². The standard InChI is InChI=1S/C11H26N2O/c1-5-7-13(8-9-14-4)11(3,6-2)10-12/h5-10,12H2,1-4H3. The van der Waals surface area contributed by atoms with Gasteiger partial charge in [-0.3, -0.25) is 4.90 Å². The van der Waals surface area contributed by atoms with Crippen LogP contribution < -0.4 is 5.73 Å². The van der Waals surface area contributed by atoms with E-state index in [4.69, 9.17) is 10.5 Å². The number of hydrogen-bond acceptors (Lipinski definition) is 3. The molecule has 0 spiro atoms. The first kappa shape index (κ1) is 13.9. The molecule has 86 valence electrons. The molecule has 0 bridgehead atoms. The van der Waals surface area contributed by atoms with Gasteiger partial charge in [-0.1, -0.05) is 13.8 Å². The predicted octanol–water partition coefficient (Wildman–Crippen LogP) is 1.47. The Morgan fingerprint density at radius 2 is 1.93 bits per heavy atom. The highest BCUT2D eigenvalue weighted by Gasteiger charge is 2.27. The topological polar surface area (TPSA) is 38.5 Å². The van der Waals surface area contributed by atoms with Crippen LogP contribution in [0.25, 0.3) is 0 Å². The Hall–Kier alpha value is -0.120. The Kier molecular flexibility index (Phi) is 7.15. The Morgan fingerprint density at radius 1 is 1.29 bits per heavy atom. The van der Waals surface area contributed by atoms with E-state index in [2.05, 4.69) is 25.7 Å². The summed E-state index contributed by atoms with van der Waals surface area (Å²) in [6, 6.07) is 0. The fraction of sp³-hybridized carbons (Fsp3) is 1.00. The number of ether oxygens (including phenoxy) is 1. The highest BCUT2D eigenvalue weighted by atomic mass is 16.5. The van der Waals surface area contributed by atoms with Gasteiger partial charge < -0.3 is 10.5 Å². The van der Waals surface area contributed by atoms with Crippen molar-refractivity contribution >= 4 is 0 Å². The highest BCUT2D eigenvalue weighted by molar-refractivity contribution is 4.85. The van der Waals surface area contributed by atoms with Crippen molar-refractivity contribution in [1.29, 1.82) is 0 Å². The maximum absolute atomic E-state index is 5.84. The van der Waals surface area contributed by atoms with Gasteiger partial charge in [0.25, 0.3) is 0 Å². The molecule has 0 rings (SSSR count). The SMILES string of the molecule is CCCN(CCOC)C(C)(CC)CN. The molecule has 3 heteroatoms. The van der Waals surface area contributed by atoms with Gasteiger partial charge in [-0.25, -0.2) is 0 Å². The Labute approximate surface area is 88.6 Å². The van der Waals surface area contributed by atoms with E-state index in [-0.39, 0.29) is 5.54 Å². The molecule has 0 aliphatic carbocycles. The smallest absolute Gasteiger partial charge is 0.0589 e. The van der Waals surface area contributed by atoms with Crippen molar-refractivity contribution < 1.29 is 4.74 Å². The molecule has 14 heavy (non-hydrogen) atoms. The van der Waals surface area contributed by atoms with Crippen LogP contribution in [0, 0.1) is 0 Å². The van der Waals surface area contributed by atoms with Gasteiger partial charge in [0.1, 0.15) is 0 Å². The second-order valence-corrected chi connectivity index (χ2v) is 4.03. The van der Waals surface area contributed by atoms with Crippen LogP contribution in [0.4, 0.5) is 0 Å². The molecule has 1 unspecified atom stereocenters. The summed E-state index contributed by atoms with van der Waals surface area (Å²) in [4.78, 5) is 2.44. The van der Waals surface area contributed by atoms with E-state index in [9.17, 15) is 0 Å². The van der Waals surface area contributed by atoms with E-state index >= 15 is 0 Å². The fourth-order valence-corrected chi connectivity index (χ4v) is 1.62. The van der Waals surface area contributed by atoms with Crippen molar-refractivity contribution in [1.82, 2.24) is 4.90 Å². The van der Waals surface area contributed by atoms with Crippen molar-refractivity contribution in [3.63, 3.8) is 0 Å². The number of nitrogens with zero attached hydrogens (tertiary/aromatic N) is 1. The number of methoxy groups -OCH3 is 1. The van der Waals surface area contributed by atoms with Crippen LogP contribution in [0.15, 0.2) is 0 Å². The van der Waals surface area contributed by atoms with Gasteiger partial charge >= 0.3 is 0 Å². The zero-order chi connectivity index (χ0) is 11.0. The van der Waals surface area contributed by atoms with Crippen LogP contribution in [-0.2, 0) is 4.74 Å². The summed E-state index contributed by atoms with van der Waals surface area (Å²) < 4.78 is 5.12. The lowest BCUT2D eigenvalue weighted by atomic mass is 9.96. The minimum atomic E-state index is 0.133. The molecule has 0 aliphatic rings. The van der Waals surface area contributed by atoms with Crippen molar-refractivity contribution in [2.75, 3.05) is 33.4 Å². The normalized spacial score (nSPS) is 15.9. The van der Waals surface area contributed by atoms with E-state index in [1.165, 1.54) is 6.42 Å². The van der Waals surface area contributed by atoms with Crippen molar-refractivity contribution in [2.24, 2.45) is 5.73 Å². The third-order valence-corrected chi connectivity index (χ3v) is 3.02. The first-order valence-electron chi connectivity index (χ1n) is 5.58. The van der Waals surface area contributed by atoms with E-state index in [1.807, 2.05) is 0 Å². The van der Waals surface area contributed by atoms with Gasteiger partial charge in [0.05, 0.1) is 6.61 Å². The molecule has 0 aromatic carbocycles. The van der Waals surface area contributed by atoms with Crippen molar-refractivity contribution in [2.45, 2.75) is 39.2 Å². The molecule has 0 amide bonds. The summed E-state index contributed by atoms with van der Waals surface area (Å²) >= 11 is 0. The number of hydrogen-bond donors (Lipinski definition) is 1. The minimum absolute atomic E-state index is 0.133. The van der Waals surface area contributed by atoms with Gasteiger partial charge in [0, 0.05) is 25.7 Å². The number of rotatable bonds is 8. The van der Waals surface area contributed by atoms with Crippen LogP contribution in [0.1, 0.15) is 33.6 Å². The second kappa shape index (κ2) is 7.21. The molecule has 0 fully saturated rings. The van der Waals surface area contributed by atoms with Crippen LogP contribution in [-0.4, -0.2) is 43.8 Å². The predicted molar refractivity (Wildman–Crippen MR) is 61.5 cm³/mol. The average Bonchev–Trinajstić information content (AvgIpc) is 2.23. The Bertz CT molecular complexity index is 135. The molecule has 2 N–H and O–H groups in total. The molecule has 0 aromatic rings. The minimum Gasteiger partial charge on any atom is -0.383 e. The summed E-state index contributed by atoms with van der Waals surface area (Å²) in [6.45, 7) is 10.2. The maximum atomic E-state index is 5.84. The van der Waals surface area contributed by atoms with Gasteiger partial charge in [-0.05, 0) is 26.3 Å². The molecular weight excluding hydrogens is 176 g/mol. The largest absolute Gasteiger partial charge is 0.383 e. The summed E-state index contributed by atoms with van der Waals surface area (Å²) in [5.41, 5.74) is 5.97. The number of nitrogens with two attached hydrogens (primary N) is 1. The zero-order valence-electron chi connectivity index (χ0n) is 10.2. The summed E-state index contributed by atoms with van der Waals surface area (Å²) in [5, 5.41) is 0. The first-order chi connectivity index (χ1) is 6.64. The maximum Gasteiger partial charge on any atom is 0.0589 e. The molecule has 1 atom stereocenters. The monoisotopic (exact) mass is 202 g/mol. The molecule has 0 aliphatic heterocycles. The molecule has 0 saturated heterocycles. The van der Waals surface area contributed by atoms with Crippen LogP contribution in [0.3, 0.4) is 0 Å². The Balaban J connectivity index is 4.27. The average molecular weight is 202 g/mol. The van der Waals surface area contributed by atoms with Gasteiger partial charge in [-0.15, -0.1) is 0 Å². The van der Waals surface area contributed by atoms with E-state index in [1.54, 1.807) is 7.11 Å². The second-order valence-electron chi connectivity index (χ2n) is 4.03. The fourth-order valence-electron chi connectivity index (χ4n) is 1.62. The van der Waals surface area contributed by atoms with E-state index in [0.717, 1.165) is 26.1 Å². The molecular formula is C11H26N2O. The van der Waals surface area contributed by atoms with E-state index in [0.29, 0.717) is 6.54 Å². The molecule has 0 aromatic heterocycles. The van der Waals surface area contributed by atoms with Crippen molar-refractivity contribution in [3.8, 4) is 0 Å². The Morgan fingerprint density at radius 3 is 2.29 bits per heavy atom. The summed E-state index contributed by atoms with van der Waals surface area (Å²) in [6.07, 6.45) is 2.26. The lowest BCUT2D eigenvalue weighted by Crippen LogP contribution is -2.52. The first-order valence-corrected chi connectivity index (χ1v) is 5.58. The van der Waals surface area contributed by atoms with Crippen LogP contribution >= 0.6 is 0 Å². The molecule has 3 nitrogen and oxygen atoms in total. The highest BCUT2D eigenvalue weighted by Crippen LogP contribution is 2.17. The van der Waals surface area contributed by atoms with Crippen molar-refractivity contribution in [3.05, 3.63) is 0 Å². The lowest BCUT2D eigenvalue weighted by Gasteiger charge is -2.40. The van der Waals surface area contributed by atoms with Crippen LogP contribution in [0.5, 0.6) is 0 Å². The third kappa shape index (κ3) is 3.95.